The van der Waals surface area contributed by atoms with Crippen LogP contribution in [-0.4, -0.2) is 14.7 Å². The molecule has 1 aromatic heterocycles. The predicted octanol–water partition coefficient (Wildman–Crippen LogP) is 5.30. The molecule has 0 aliphatic carbocycles. The van der Waals surface area contributed by atoms with E-state index >= 15 is 0 Å². The molecular formula is C16H14Cl2N2O. The number of imidazole rings is 1. The fourth-order valence-electron chi connectivity index (χ4n) is 2.47. The molecule has 3 aromatic rings. The number of aromatic hydroxyl groups is 1. The normalized spacial score (nSPS) is 11.5. The van der Waals surface area contributed by atoms with Crippen LogP contribution in [0, 0.1) is 0 Å². The molecule has 0 saturated carbocycles. The molecule has 5 heteroatoms. The van der Waals surface area contributed by atoms with Crippen molar-refractivity contribution in [1.82, 2.24) is 9.55 Å². The lowest BCUT2D eigenvalue weighted by atomic mass is 10.2. The van der Waals surface area contributed by atoms with Crippen molar-refractivity contribution in [1.29, 1.82) is 0 Å². The number of fused-ring (bicyclic) bond motifs is 1. The quantitative estimate of drug-likeness (QED) is 0.696. The molecule has 2 aromatic carbocycles. The van der Waals surface area contributed by atoms with Crippen LogP contribution in [-0.2, 0) is 0 Å². The lowest BCUT2D eigenvalue weighted by molar-refractivity contribution is 0.475. The van der Waals surface area contributed by atoms with E-state index in [9.17, 15) is 5.11 Å². The van der Waals surface area contributed by atoms with E-state index in [-0.39, 0.29) is 11.8 Å². The summed E-state index contributed by atoms with van der Waals surface area (Å²) in [5, 5.41) is 10.9. The number of aromatic nitrogens is 2. The molecule has 0 aliphatic heterocycles. The monoisotopic (exact) mass is 320 g/mol. The van der Waals surface area contributed by atoms with Crippen LogP contribution in [0.1, 0.15) is 19.9 Å². The number of rotatable bonds is 2. The molecule has 21 heavy (non-hydrogen) atoms. The largest absolute Gasteiger partial charge is 0.508 e. The molecule has 0 spiro atoms. The summed E-state index contributed by atoms with van der Waals surface area (Å²) in [6.45, 7) is 4.16. The zero-order valence-corrected chi connectivity index (χ0v) is 13.2. The highest BCUT2D eigenvalue weighted by Crippen LogP contribution is 2.35. The van der Waals surface area contributed by atoms with E-state index in [4.69, 9.17) is 23.2 Å². The van der Waals surface area contributed by atoms with E-state index in [0.717, 1.165) is 16.9 Å². The second kappa shape index (κ2) is 5.24. The highest BCUT2D eigenvalue weighted by atomic mass is 35.5. The summed E-state index contributed by atoms with van der Waals surface area (Å²) in [5.41, 5.74) is 2.51. The average molecular weight is 321 g/mol. The Hall–Kier alpha value is -1.71. The Balaban J connectivity index is 2.36. The number of benzene rings is 2. The molecule has 0 unspecified atom stereocenters. The summed E-state index contributed by atoms with van der Waals surface area (Å²) in [6.07, 6.45) is 0. The fourth-order valence-corrected chi connectivity index (χ4v) is 2.84. The molecule has 3 nitrogen and oxygen atoms in total. The second-order valence-electron chi connectivity index (χ2n) is 5.20. The summed E-state index contributed by atoms with van der Waals surface area (Å²) in [6, 6.07) is 10.7. The highest BCUT2D eigenvalue weighted by molar-refractivity contribution is 6.33. The predicted molar refractivity (Wildman–Crippen MR) is 87.2 cm³/mol. The Morgan fingerprint density at radius 2 is 1.86 bits per heavy atom. The minimum atomic E-state index is 0.162. The lowest BCUT2D eigenvalue weighted by Gasteiger charge is -2.14. The first-order chi connectivity index (χ1) is 9.97. The van der Waals surface area contributed by atoms with Crippen molar-refractivity contribution in [2.75, 3.05) is 0 Å². The number of hydrogen-bond donors (Lipinski definition) is 1. The van der Waals surface area contributed by atoms with Crippen LogP contribution in [0.5, 0.6) is 5.75 Å². The Morgan fingerprint density at radius 3 is 2.57 bits per heavy atom. The Kier molecular flexibility index (Phi) is 3.56. The van der Waals surface area contributed by atoms with Gasteiger partial charge in [-0.05, 0) is 50.2 Å². The van der Waals surface area contributed by atoms with Crippen LogP contribution in [0.2, 0.25) is 10.0 Å². The standard InChI is InChI=1S/C16H14Cl2N2O/c1-9(2)20-15-6-3-10(17)7-14(15)19-16(20)12-8-11(21)4-5-13(12)18/h3-9,21H,1-2H3. The van der Waals surface area contributed by atoms with E-state index in [2.05, 4.69) is 23.4 Å². The topological polar surface area (TPSA) is 38.0 Å². The Bertz CT molecular complexity index is 825. The second-order valence-corrected chi connectivity index (χ2v) is 6.04. The van der Waals surface area contributed by atoms with Gasteiger partial charge in [-0.3, -0.25) is 0 Å². The van der Waals surface area contributed by atoms with E-state index in [1.807, 2.05) is 18.2 Å². The zero-order valence-electron chi connectivity index (χ0n) is 11.6. The zero-order chi connectivity index (χ0) is 15.1. The summed E-state index contributed by atoms with van der Waals surface area (Å²) in [5.74, 6) is 0.887. The average Bonchev–Trinajstić information content (AvgIpc) is 2.79. The molecule has 0 amide bonds. The number of phenols is 1. The molecule has 0 fully saturated rings. The molecule has 0 saturated heterocycles. The first kappa shape index (κ1) is 14.2. The third-order valence-corrected chi connectivity index (χ3v) is 3.92. The summed E-state index contributed by atoms with van der Waals surface area (Å²) in [7, 11) is 0. The van der Waals surface area contributed by atoms with E-state index in [1.165, 1.54) is 0 Å². The molecule has 1 heterocycles. The molecular weight excluding hydrogens is 307 g/mol. The first-order valence-electron chi connectivity index (χ1n) is 6.63. The minimum Gasteiger partial charge on any atom is -0.508 e. The van der Waals surface area contributed by atoms with Gasteiger partial charge in [0.2, 0.25) is 0 Å². The summed E-state index contributed by atoms with van der Waals surface area (Å²) in [4.78, 5) is 4.65. The van der Waals surface area contributed by atoms with Crippen molar-refractivity contribution in [3.63, 3.8) is 0 Å². The van der Waals surface area contributed by atoms with Crippen molar-refractivity contribution in [2.24, 2.45) is 0 Å². The maximum Gasteiger partial charge on any atom is 0.143 e. The SMILES string of the molecule is CC(C)n1c(-c2cc(O)ccc2Cl)nc2cc(Cl)ccc21. The van der Waals surface area contributed by atoms with E-state index < -0.39 is 0 Å². The molecule has 0 bridgehead atoms. The van der Waals surface area contributed by atoms with Gasteiger partial charge in [0.1, 0.15) is 11.6 Å². The highest BCUT2D eigenvalue weighted by Gasteiger charge is 2.17. The van der Waals surface area contributed by atoms with Gasteiger partial charge in [-0.2, -0.15) is 0 Å². The molecule has 0 aliphatic rings. The lowest BCUT2D eigenvalue weighted by Crippen LogP contribution is -2.03. The number of phenolic OH excluding ortho intramolecular Hbond substituents is 1. The number of halogens is 2. The van der Waals surface area contributed by atoms with Gasteiger partial charge in [-0.25, -0.2) is 4.98 Å². The van der Waals surface area contributed by atoms with Gasteiger partial charge in [0, 0.05) is 16.6 Å². The van der Waals surface area contributed by atoms with Crippen molar-refractivity contribution >= 4 is 34.2 Å². The van der Waals surface area contributed by atoms with Crippen LogP contribution in [0.15, 0.2) is 36.4 Å². The third kappa shape index (κ3) is 2.47. The molecule has 0 atom stereocenters. The van der Waals surface area contributed by atoms with Gasteiger partial charge < -0.3 is 9.67 Å². The maximum absolute atomic E-state index is 9.73. The summed E-state index contributed by atoms with van der Waals surface area (Å²) >= 11 is 12.3. The van der Waals surface area contributed by atoms with E-state index in [0.29, 0.717) is 15.6 Å². The van der Waals surface area contributed by atoms with Gasteiger partial charge in [0.05, 0.1) is 16.1 Å². The van der Waals surface area contributed by atoms with Gasteiger partial charge in [0.25, 0.3) is 0 Å². The van der Waals surface area contributed by atoms with Crippen LogP contribution in [0.3, 0.4) is 0 Å². The van der Waals surface area contributed by atoms with Crippen molar-refractivity contribution in [3.8, 4) is 17.1 Å². The molecule has 108 valence electrons. The third-order valence-electron chi connectivity index (χ3n) is 3.36. The van der Waals surface area contributed by atoms with Crippen LogP contribution in [0.4, 0.5) is 0 Å². The minimum absolute atomic E-state index is 0.162. The Labute approximate surface area is 132 Å². The van der Waals surface area contributed by atoms with Crippen molar-refractivity contribution in [3.05, 3.63) is 46.4 Å². The molecule has 1 N–H and O–H groups in total. The van der Waals surface area contributed by atoms with Crippen LogP contribution < -0.4 is 0 Å². The van der Waals surface area contributed by atoms with Gasteiger partial charge in [-0.15, -0.1) is 0 Å². The number of hydrogen-bond acceptors (Lipinski definition) is 2. The van der Waals surface area contributed by atoms with Crippen molar-refractivity contribution in [2.45, 2.75) is 19.9 Å². The smallest absolute Gasteiger partial charge is 0.143 e. The van der Waals surface area contributed by atoms with Gasteiger partial charge in [-0.1, -0.05) is 23.2 Å². The molecule has 0 radical (unpaired) electrons. The van der Waals surface area contributed by atoms with E-state index in [1.54, 1.807) is 18.2 Å². The Morgan fingerprint density at radius 1 is 1.10 bits per heavy atom. The van der Waals surface area contributed by atoms with Gasteiger partial charge >= 0.3 is 0 Å². The fraction of sp³-hybridized carbons (Fsp3) is 0.188. The van der Waals surface area contributed by atoms with Gasteiger partial charge in [0.15, 0.2) is 0 Å². The maximum atomic E-state index is 9.73. The van der Waals surface area contributed by atoms with Crippen LogP contribution in [0.25, 0.3) is 22.4 Å². The first-order valence-corrected chi connectivity index (χ1v) is 7.39. The summed E-state index contributed by atoms with van der Waals surface area (Å²) < 4.78 is 2.09. The number of nitrogens with zero attached hydrogens (tertiary/aromatic N) is 2. The van der Waals surface area contributed by atoms with Crippen molar-refractivity contribution < 1.29 is 5.11 Å². The van der Waals surface area contributed by atoms with Crippen LogP contribution >= 0.6 is 23.2 Å². The molecule has 3 rings (SSSR count).